The van der Waals surface area contributed by atoms with Crippen LogP contribution in [0.4, 0.5) is 0 Å². The maximum atomic E-state index is 11.2. The lowest BCUT2D eigenvalue weighted by Gasteiger charge is -2.01. The van der Waals surface area contributed by atoms with Crippen molar-refractivity contribution in [2.24, 2.45) is 5.92 Å². The van der Waals surface area contributed by atoms with Gasteiger partial charge in [0.15, 0.2) is 0 Å². The molecule has 0 bridgehead atoms. The number of thioether (sulfide) groups is 1. The normalized spacial score (nSPS) is 23.3. The minimum absolute atomic E-state index is 0.220. The fraction of sp³-hybridized carbons (Fsp3) is 0.571. The van der Waals surface area contributed by atoms with Crippen LogP contribution < -0.4 is 0 Å². The number of carbonyl (C=O) groups is 1. The zero-order chi connectivity index (χ0) is 8.39. The summed E-state index contributed by atoms with van der Waals surface area (Å²) in [6.07, 6.45) is 2.59. The summed E-state index contributed by atoms with van der Waals surface area (Å²) in [6, 6.07) is 0. The summed E-state index contributed by atoms with van der Waals surface area (Å²) in [6.45, 7) is 0. The van der Waals surface area contributed by atoms with E-state index in [0.717, 1.165) is 17.1 Å². The molecular formula is C7H8N2OS2. The molecule has 2 heterocycles. The summed E-state index contributed by atoms with van der Waals surface area (Å²) >= 11 is 3.12. The molecule has 0 spiro atoms. The molecule has 3 nitrogen and oxygen atoms in total. The molecule has 1 atom stereocenters. The third-order valence-corrected chi connectivity index (χ3v) is 3.68. The molecule has 1 aromatic rings. The molecule has 1 saturated heterocycles. The van der Waals surface area contributed by atoms with Crippen LogP contribution in [0.15, 0.2) is 6.20 Å². The molecule has 2 rings (SSSR count). The Balaban J connectivity index is 1.99. The van der Waals surface area contributed by atoms with Crippen molar-refractivity contribution in [2.45, 2.75) is 6.42 Å². The number of Topliss-reactive ketones (excluding diaryl/α,β-unsaturated/α-hetero) is 1. The SMILES string of the molecule is O=C1CSCC1Cc1cnns1. The van der Waals surface area contributed by atoms with Crippen LogP contribution in [0.3, 0.4) is 0 Å². The predicted molar refractivity (Wildman–Crippen MR) is 49.4 cm³/mol. The number of hydrogen-bond acceptors (Lipinski definition) is 5. The monoisotopic (exact) mass is 200 g/mol. The van der Waals surface area contributed by atoms with Gasteiger partial charge >= 0.3 is 0 Å². The Morgan fingerprint density at radius 2 is 2.58 bits per heavy atom. The summed E-state index contributed by atoms with van der Waals surface area (Å²) in [5, 5.41) is 3.74. The van der Waals surface area contributed by atoms with Gasteiger partial charge in [0, 0.05) is 16.5 Å². The molecule has 1 aliphatic heterocycles. The van der Waals surface area contributed by atoms with Crippen LogP contribution in [-0.2, 0) is 11.2 Å². The van der Waals surface area contributed by atoms with Crippen LogP contribution in [0.1, 0.15) is 4.88 Å². The second kappa shape index (κ2) is 3.53. The van der Waals surface area contributed by atoms with Crippen molar-refractivity contribution in [1.82, 2.24) is 9.59 Å². The van der Waals surface area contributed by atoms with Crippen LogP contribution in [0.5, 0.6) is 0 Å². The van der Waals surface area contributed by atoms with Gasteiger partial charge in [-0.2, -0.15) is 11.8 Å². The topological polar surface area (TPSA) is 42.9 Å². The molecule has 64 valence electrons. The average Bonchev–Trinajstić information content (AvgIpc) is 2.65. The summed E-state index contributed by atoms with van der Waals surface area (Å²) < 4.78 is 3.76. The van der Waals surface area contributed by atoms with E-state index < -0.39 is 0 Å². The molecule has 0 N–H and O–H groups in total. The van der Waals surface area contributed by atoms with Gasteiger partial charge in [-0.1, -0.05) is 4.49 Å². The number of rotatable bonds is 2. The lowest BCUT2D eigenvalue weighted by atomic mass is 10.0. The standard InChI is InChI=1S/C7H8N2OS2/c10-7-4-11-3-5(7)1-6-2-8-9-12-6/h2,5H,1,3-4H2. The third kappa shape index (κ3) is 1.67. The zero-order valence-corrected chi connectivity index (χ0v) is 8.03. The predicted octanol–water partition coefficient (Wildman–Crippen LogP) is 1.01. The van der Waals surface area contributed by atoms with Gasteiger partial charge in [0.25, 0.3) is 0 Å². The first-order valence-corrected chi connectivity index (χ1v) is 5.66. The highest BCUT2D eigenvalue weighted by Gasteiger charge is 2.25. The molecule has 0 aliphatic carbocycles. The van der Waals surface area contributed by atoms with Gasteiger partial charge in [0.1, 0.15) is 5.78 Å². The van der Waals surface area contributed by atoms with E-state index in [2.05, 4.69) is 9.59 Å². The van der Waals surface area contributed by atoms with Gasteiger partial charge in [-0.05, 0) is 18.0 Å². The Morgan fingerprint density at radius 1 is 1.67 bits per heavy atom. The summed E-state index contributed by atoms with van der Waals surface area (Å²) in [4.78, 5) is 12.4. The fourth-order valence-electron chi connectivity index (χ4n) is 1.21. The number of nitrogens with zero attached hydrogens (tertiary/aromatic N) is 2. The van der Waals surface area contributed by atoms with Crippen LogP contribution in [0, 0.1) is 5.92 Å². The van der Waals surface area contributed by atoms with Crippen molar-refractivity contribution in [3.8, 4) is 0 Å². The van der Waals surface area contributed by atoms with Gasteiger partial charge in [0.2, 0.25) is 0 Å². The Labute approximate surface area is 78.7 Å². The highest BCUT2D eigenvalue weighted by molar-refractivity contribution is 8.00. The molecule has 0 amide bonds. The van der Waals surface area contributed by atoms with E-state index in [0.29, 0.717) is 11.5 Å². The lowest BCUT2D eigenvalue weighted by Crippen LogP contribution is -2.13. The molecule has 1 aliphatic rings. The molecule has 12 heavy (non-hydrogen) atoms. The van der Waals surface area contributed by atoms with E-state index in [1.807, 2.05) is 0 Å². The number of ketones is 1. The van der Waals surface area contributed by atoms with E-state index in [9.17, 15) is 4.79 Å². The second-order valence-corrected chi connectivity index (χ2v) is 4.67. The quantitative estimate of drug-likeness (QED) is 0.714. The van der Waals surface area contributed by atoms with Gasteiger partial charge in [0.05, 0.1) is 11.9 Å². The first-order valence-electron chi connectivity index (χ1n) is 3.73. The summed E-state index contributed by atoms with van der Waals surface area (Å²) in [5.74, 6) is 2.26. The first kappa shape index (κ1) is 8.19. The van der Waals surface area contributed by atoms with Gasteiger partial charge in [-0.15, -0.1) is 5.10 Å². The van der Waals surface area contributed by atoms with E-state index in [1.165, 1.54) is 11.5 Å². The lowest BCUT2D eigenvalue weighted by molar-refractivity contribution is -0.119. The average molecular weight is 200 g/mol. The molecule has 1 unspecified atom stereocenters. The summed E-state index contributed by atoms with van der Waals surface area (Å²) in [7, 11) is 0. The highest BCUT2D eigenvalue weighted by atomic mass is 32.2. The maximum Gasteiger partial charge on any atom is 0.146 e. The molecule has 1 fully saturated rings. The Bertz CT molecular complexity index is 273. The third-order valence-electron chi connectivity index (χ3n) is 1.87. The molecular weight excluding hydrogens is 192 g/mol. The largest absolute Gasteiger partial charge is 0.298 e. The van der Waals surface area contributed by atoms with Crippen molar-refractivity contribution in [2.75, 3.05) is 11.5 Å². The van der Waals surface area contributed by atoms with E-state index >= 15 is 0 Å². The second-order valence-electron chi connectivity index (χ2n) is 2.77. The van der Waals surface area contributed by atoms with E-state index in [-0.39, 0.29) is 5.92 Å². The zero-order valence-electron chi connectivity index (χ0n) is 6.40. The van der Waals surface area contributed by atoms with E-state index in [1.54, 1.807) is 18.0 Å². The molecule has 0 radical (unpaired) electrons. The Kier molecular flexibility index (Phi) is 2.41. The van der Waals surface area contributed by atoms with Gasteiger partial charge in [-0.25, -0.2) is 0 Å². The van der Waals surface area contributed by atoms with Crippen molar-refractivity contribution in [1.29, 1.82) is 0 Å². The Hall–Kier alpha value is -0.420. The van der Waals surface area contributed by atoms with Crippen molar-refractivity contribution in [3.05, 3.63) is 11.1 Å². The van der Waals surface area contributed by atoms with Crippen LogP contribution in [0.25, 0.3) is 0 Å². The number of hydrogen-bond donors (Lipinski definition) is 0. The van der Waals surface area contributed by atoms with Gasteiger partial charge in [-0.3, -0.25) is 4.79 Å². The van der Waals surface area contributed by atoms with Crippen molar-refractivity contribution >= 4 is 29.1 Å². The minimum atomic E-state index is 0.220. The van der Waals surface area contributed by atoms with Crippen LogP contribution >= 0.6 is 23.3 Å². The molecule has 1 aromatic heterocycles. The molecule has 0 aromatic carbocycles. The number of aromatic nitrogens is 2. The van der Waals surface area contributed by atoms with Crippen LogP contribution in [-0.4, -0.2) is 26.9 Å². The molecule has 5 heteroatoms. The van der Waals surface area contributed by atoms with Crippen molar-refractivity contribution < 1.29 is 4.79 Å². The fourth-order valence-corrected chi connectivity index (χ4v) is 2.92. The van der Waals surface area contributed by atoms with E-state index in [4.69, 9.17) is 0 Å². The van der Waals surface area contributed by atoms with Crippen molar-refractivity contribution in [3.63, 3.8) is 0 Å². The summed E-state index contributed by atoms with van der Waals surface area (Å²) in [5.41, 5.74) is 0. The Morgan fingerprint density at radius 3 is 3.17 bits per heavy atom. The first-order chi connectivity index (χ1) is 5.86. The number of carbonyl (C=O) groups excluding carboxylic acids is 1. The smallest absolute Gasteiger partial charge is 0.146 e. The molecule has 0 saturated carbocycles. The van der Waals surface area contributed by atoms with Crippen LogP contribution in [0.2, 0.25) is 0 Å². The minimum Gasteiger partial charge on any atom is -0.298 e. The maximum absolute atomic E-state index is 11.2. The van der Waals surface area contributed by atoms with Gasteiger partial charge < -0.3 is 0 Å². The highest BCUT2D eigenvalue weighted by Crippen LogP contribution is 2.24.